The van der Waals surface area contributed by atoms with Crippen LogP contribution in [0.1, 0.15) is 33.3 Å². The first kappa shape index (κ1) is 17.3. The van der Waals surface area contributed by atoms with Crippen LogP contribution in [0.2, 0.25) is 0 Å². The molecule has 0 aromatic heterocycles. The van der Waals surface area contributed by atoms with E-state index in [2.05, 4.69) is 12.6 Å². The molecule has 0 unspecified atom stereocenters. The van der Waals surface area contributed by atoms with Crippen LogP contribution in [0, 0.1) is 11.6 Å². The molecule has 1 aliphatic rings. The Morgan fingerprint density at radius 3 is 2.18 bits per heavy atom. The zero-order valence-corrected chi connectivity index (χ0v) is 13.9. The van der Waals surface area contributed by atoms with Gasteiger partial charge < -0.3 is 14.4 Å². The van der Waals surface area contributed by atoms with Gasteiger partial charge in [0.25, 0.3) is 0 Å². The van der Waals surface area contributed by atoms with Gasteiger partial charge in [-0.1, -0.05) is 6.08 Å². The predicted molar refractivity (Wildman–Crippen MR) is 85.9 cm³/mol. The largest absolute Gasteiger partial charge is 0.507 e. The summed E-state index contributed by atoms with van der Waals surface area (Å²) in [5.41, 5.74) is -0.271. The normalized spacial score (nSPS) is 20.5. The molecule has 22 heavy (non-hydrogen) atoms. The van der Waals surface area contributed by atoms with Gasteiger partial charge in [0.2, 0.25) is 0 Å². The van der Waals surface area contributed by atoms with Gasteiger partial charge in [-0.2, -0.15) is 12.6 Å². The molecule has 7 heteroatoms. The van der Waals surface area contributed by atoms with Crippen molar-refractivity contribution in [1.82, 2.24) is 0 Å². The fourth-order valence-corrected chi connectivity index (χ4v) is 2.29. The van der Waals surface area contributed by atoms with Gasteiger partial charge in [-0.05, 0) is 39.2 Å². The number of benzene rings is 1. The summed E-state index contributed by atoms with van der Waals surface area (Å²) in [6.45, 7) is 7.66. The molecule has 0 atom stereocenters. The highest BCUT2D eigenvalue weighted by atomic mass is 32.1. The predicted octanol–water partition coefficient (Wildman–Crippen LogP) is 3.62. The van der Waals surface area contributed by atoms with E-state index in [1.807, 2.05) is 27.7 Å². The minimum Gasteiger partial charge on any atom is -0.507 e. The highest BCUT2D eigenvalue weighted by Crippen LogP contribution is 2.39. The van der Waals surface area contributed by atoms with Crippen LogP contribution in [-0.4, -0.2) is 29.2 Å². The Balaban J connectivity index is 2.36. The second kappa shape index (κ2) is 5.87. The third-order valence-electron chi connectivity index (χ3n) is 4.15. The van der Waals surface area contributed by atoms with E-state index in [1.165, 1.54) is 6.08 Å². The van der Waals surface area contributed by atoms with Gasteiger partial charge in [0.1, 0.15) is 5.75 Å². The van der Waals surface area contributed by atoms with Crippen LogP contribution in [0.3, 0.4) is 0 Å². The summed E-state index contributed by atoms with van der Waals surface area (Å²) in [6, 6.07) is 1.67. The van der Waals surface area contributed by atoms with Crippen molar-refractivity contribution in [1.29, 1.82) is 0 Å². The van der Waals surface area contributed by atoms with E-state index in [-0.39, 0.29) is 17.1 Å². The van der Waals surface area contributed by atoms with Crippen molar-refractivity contribution in [3.8, 4) is 5.75 Å². The lowest BCUT2D eigenvalue weighted by Crippen LogP contribution is -2.41. The van der Waals surface area contributed by atoms with E-state index < -0.39 is 30.0 Å². The second-order valence-electron chi connectivity index (χ2n) is 6.29. The lowest BCUT2D eigenvalue weighted by Gasteiger charge is -2.32. The first-order chi connectivity index (χ1) is 10.1. The Morgan fingerprint density at radius 1 is 1.18 bits per heavy atom. The minimum atomic E-state index is -1.10. The van der Waals surface area contributed by atoms with Crippen molar-refractivity contribution < 1.29 is 23.2 Å². The Kier molecular flexibility index (Phi) is 4.62. The van der Waals surface area contributed by atoms with Gasteiger partial charge >= 0.3 is 7.12 Å². The van der Waals surface area contributed by atoms with Crippen LogP contribution in [0.4, 0.5) is 8.78 Å². The molecule has 1 N–H and O–H groups in total. The first-order valence-corrected chi connectivity index (χ1v) is 7.55. The molecule has 0 spiro atoms. The van der Waals surface area contributed by atoms with Gasteiger partial charge in [-0.15, -0.1) is 0 Å². The smallest absolute Gasteiger partial charge is 0.491 e. The van der Waals surface area contributed by atoms with Crippen LogP contribution >= 0.6 is 12.6 Å². The van der Waals surface area contributed by atoms with Gasteiger partial charge in [-0.3, -0.25) is 0 Å². The minimum absolute atomic E-state index is 0.151. The highest BCUT2D eigenvalue weighted by Gasteiger charge is 2.52. The average molecular weight is 328 g/mol. The highest BCUT2D eigenvalue weighted by molar-refractivity contribution is 7.80. The molecule has 0 saturated carbocycles. The monoisotopic (exact) mass is 328 g/mol. The number of halogens is 2. The van der Waals surface area contributed by atoms with Gasteiger partial charge in [0.15, 0.2) is 11.6 Å². The van der Waals surface area contributed by atoms with Crippen LogP contribution in [0.25, 0.3) is 6.08 Å². The quantitative estimate of drug-likeness (QED) is 0.658. The maximum Gasteiger partial charge on any atom is 0.491 e. The van der Waals surface area contributed by atoms with Gasteiger partial charge in [0.05, 0.1) is 11.2 Å². The molecule has 3 nitrogen and oxygen atoms in total. The van der Waals surface area contributed by atoms with Crippen molar-refractivity contribution in [2.24, 2.45) is 0 Å². The number of hydrogen-bond acceptors (Lipinski definition) is 4. The Morgan fingerprint density at radius 2 is 1.68 bits per heavy atom. The molecule has 0 radical (unpaired) electrons. The van der Waals surface area contributed by atoms with E-state index in [4.69, 9.17) is 9.31 Å². The first-order valence-electron chi connectivity index (χ1n) is 6.92. The third kappa shape index (κ3) is 3.16. The Hall–Kier alpha value is -1.05. The van der Waals surface area contributed by atoms with Gasteiger partial charge in [0, 0.05) is 17.4 Å². The summed E-state index contributed by atoms with van der Waals surface area (Å²) in [4.78, 5) is 0. The molecule has 0 bridgehead atoms. The summed E-state index contributed by atoms with van der Waals surface area (Å²) >= 11 is 4.24. The summed E-state index contributed by atoms with van der Waals surface area (Å²) in [5, 5.41) is 9.75. The topological polar surface area (TPSA) is 38.7 Å². The fourth-order valence-electron chi connectivity index (χ4n) is 2.05. The van der Waals surface area contributed by atoms with Crippen LogP contribution in [0.5, 0.6) is 5.75 Å². The molecule has 2 rings (SSSR count). The fraction of sp³-hybridized carbons (Fsp3) is 0.467. The maximum absolute atomic E-state index is 13.3. The average Bonchev–Trinajstić information content (AvgIpc) is 2.61. The molecular formula is C15H19BF2O3S. The third-order valence-corrected chi connectivity index (χ3v) is 4.51. The van der Waals surface area contributed by atoms with E-state index in [0.29, 0.717) is 5.47 Å². The molecule has 0 aliphatic carbocycles. The van der Waals surface area contributed by atoms with Gasteiger partial charge in [-0.25, -0.2) is 8.78 Å². The van der Waals surface area contributed by atoms with E-state index >= 15 is 0 Å². The molecule has 1 fully saturated rings. The van der Waals surface area contributed by atoms with E-state index in [9.17, 15) is 13.9 Å². The zero-order valence-electron chi connectivity index (χ0n) is 13.0. The van der Waals surface area contributed by atoms with E-state index in [1.54, 1.807) is 0 Å². The van der Waals surface area contributed by atoms with Crippen LogP contribution in [-0.2, 0) is 9.31 Å². The molecule has 1 aliphatic heterocycles. The standard InChI is InChI=1S/C15H19BF2O3S/c1-14(2)15(3,4)21-16(20-14)10(8-22)5-9-6-11(17)12(18)7-13(9)19/h5-7,19,22H,8H2,1-4H3. The lowest BCUT2D eigenvalue weighted by atomic mass is 9.78. The van der Waals surface area contributed by atoms with Crippen LogP contribution in [0.15, 0.2) is 17.6 Å². The Bertz CT molecular complexity index is 601. The lowest BCUT2D eigenvalue weighted by molar-refractivity contribution is 0.00578. The summed E-state index contributed by atoms with van der Waals surface area (Å²) in [6.07, 6.45) is 1.51. The summed E-state index contributed by atoms with van der Waals surface area (Å²) < 4.78 is 38.2. The number of rotatable bonds is 3. The molecule has 1 heterocycles. The summed E-state index contributed by atoms with van der Waals surface area (Å²) in [7, 11) is -0.657. The SMILES string of the molecule is CC1(C)OB(C(=Cc2cc(F)c(F)cc2O)CS)OC1(C)C. The summed E-state index contributed by atoms with van der Waals surface area (Å²) in [5.74, 6) is -2.20. The number of hydrogen-bond donors (Lipinski definition) is 2. The molecule has 1 saturated heterocycles. The van der Waals surface area contributed by atoms with E-state index in [0.717, 1.165) is 12.1 Å². The van der Waals surface area contributed by atoms with Crippen LogP contribution < -0.4 is 0 Å². The van der Waals surface area contributed by atoms with Crippen molar-refractivity contribution in [2.75, 3.05) is 5.75 Å². The molecule has 1 aromatic carbocycles. The van der Waals surface area contributed by atoms with Crippen molar-refractivity contribution in [3.05, 3.63) is 34.8 Å². The molecule has 0 amide bonds. The van der Waals surface area contributed by atoms with Crippen molar-refractivity contribution in [2.45, 2.75) is 38.9 Å². The van der Waals surface area contributed by atoms with Crippen molar-refractivity contribution >= 4 is 25.8 Å². The molecule has 1 aromatic rings. The molecular weight excluding hydrogens is 309 g/mol. The molecule has 120 valence electrons. The second-order valence-corrected chi connectivity index (χ2v) is 6.61. The number of aromatic hydroxyl groups is 1. The van der Waals surface area contributed by atoms with Crippen molar-refractivity contribution in [3.63, 3.8) is 0 Å². The number of phenolic OH excluding ortho intramolecular Hbond substituents is 1. The maximum atomic E-state index is 13.3. The zero-order chi connectivity index (χ0) is 16.7. The Labute approximate surface area is 134 Å². The number of phenols is 1. The number of thiol groups is 1.